The van der Waals surface area contributed by atoms with Gasteiger partial charge in [0.2, 0.25) is 0 Å². The Hall–Kier alpha value is -2.22. The van der Waals surface area contributed by atoms with Gasteiger partial charge in [-0.3, -0.25) is 0 Å². The Morgan fingerprint density at radius 3 is 2.57 bits per heavy atom. The van der Waals surface area contributed by atoms with Crippen molar-refractivity contribution in [3.05, 3.63) is 39.8 Å². The third-order valence-corrected chi connectivity index (χ3v) is 4.25. The van der Waals surface area contributed by atoms with E-state index in [1.54, 1.807) is 13.2 Å². The molecule has 0 aliphatic carbocycles. The second-order valence-corrected chi connectivity index (χ2v) is 6.03. The number of methoxy groups -OCH3 is 1. The molecular formula is C15H17F2N3O2S. The van der Waals surface area contributed by atoms with Gasteiger partial charge < -0.3 is 15.0 Å². The number of nitrogens with zero attached hydrogens (tertiary/aromatic N) is 2. The first-order chi connectivity index (χ1) is 10.9. The Morgan fingerprint density at radius 2 is 2.04 bits per heavy atom. The molecule has 1 heterocycles. The van der Waals surface area contributed by atoms with E-state index in [0.29, 0.717) is 6.54 Å². The number of benzene rings is 1. The van der Waals surface area contributed by atoms with E-state index in [0.717, 1.165) is 28.4 Å². The van der Waals surface area contributed by atoms with E-state index < -0.39 is 23.4 Å². The second kappa shape index (κ2) is 7.36. The number of hydrogen-bond donors (Lipinski definition) is 1. The van der Waals surface area contributed by atoms with Crippen molar-refractivity contribution >= 4 is 23.1 Å². The van der Waals surface area contributed by atoms with Gasteiger partial charge >= 0.3 is 6.03 Å². The highest BCUT2D eigenvalue weighted by atomic mass is 32.1. The van der Waals surface area contributed by atoms with Gasteiger partial charge in [0, 0.05) is 35.9 Å². The summed E-state index contributed by atoms with van der Waals surface area (Å²) in [6.07, 6.45) is 2.66. The van der Waals surface area contributed by atoms with E-state index in [-0.39, 0.29) is 5.69 Å². The Bertz CT molecular complexity index is 683. The fourth-order valence-electron chi connectivity index (χ4n) is 1.91. The molecule has 1 aromatic heterocycles. The first-order valence-electron chi connectivity index (χ1n) is 6.93. The number of amides is 2. The fourth-order valence-corrected chi connectivity index (χ4v) is 2.82. The van der Waals surface area contributed by atoms with Crippen LogP contribution in [-0.4, -0.2) is 30.1 Å². The summed E-state index contributed by atoms with van der Waals surface area (Å²) in [5.41, 5.74) is 0.0195. The van der Waals surface area contributed by atoms with E-state index in [1.165, 1.54) is 23.3 Å². The van der Waals surface area contributed by atoms with Gasteiger partial charge in [0.05, 0.1) is 13.7 Å². The predicted octanol–water partition coefficient (Wildman–Crippen LogP) is 3.66. The molecule has 0 aliphatic heterocycles. The van der Waals surface area contributed by atoms with E-state index >= 15 is 0 Å². The van der Waals surface area contributed by atoms with E-state index in [9.17, 15) is 13.6 Å². The minimum absolute atomic E-state index is 0.0195. The van der Waals surface area contributed by atoms with Crippen LogP contribution in [0.4, 0.5) is 19.3 Å². The molecular weight excluding hydrogens is 324 g/mol. The lowest BCUT2D eigenvalue weighted by Crippen LogP contribution is -2.30. The van der Waals surface area contributed by atoms with Gasteiger partial charge in [-0.2, -0.15) is 0 Å². The minimum Gasteiger partial charge on any atom is -0.491 e. The molecule has 0 radical (unpaired) electrons. The Labute approximate surface area is 136 Å². The maximum atomic E-state index is 13.6. The molecule has 8 heteroatoms. The van der Waals surface area contributed by atoms with Crippen LogP contribution in [0.3, 0.4) is 0 Å². The lowest BCUT2D eigenvalue weighted by Gasteiger charge is -2.17. The van der Waals surface area contributed by atoms with Crippen molar-refractivity contribution in [3.8, 4) is 5.75 Å². The molecule has 0 atom stereocenters. The molecule has 2 rings (SSSR count). The zero-order valence-electron chi connectivity index (χ0n) is 13.0. The number of thiazole rings is 1. The van der Waals surface area contributed by atoms with Crippen LogP contribution >= 0.6 is 11.3 Å². The lowest BCUT2D eigenvalue weighted by molar-refractivity contribution is 0.220. The maximum absolute atomic E-state index is 13.6. The summed E-state index contributed by atoms with van der Waals surface area (Å²) < 4.78 is 31.8. The van der Waals surface area contributed by atoms with Gasteiger partial charge in [-0.25, -0.2) is 18.6 Å². The average molecular weight is 341 g/mol. The van der Waals surface area contributed by atoms with Gasteiger partial charge in [0.15, 0.2) is 17.4 Å². The third kappa shape index (κ3) is 4.16. The van der Waals surface area contributed by atoms with Gasteiger partial charge in [0.25, 0.3) is 0 Å². The maximum Gasteiger partial charge on any atom is 0.321 e. The number of nitrogens with one attached hydrogen (secondary N) is 1. The van der Waals surface area contributed by atoms with Crippen molar-refractivity contribution in [2.75, 3.05) is 19.5 Å². The molecule has 0 fully saturated rings. The average Bonchev–Trinajstić information content (AvgIpc) is 2.94. The number of aromatic nitrogens is 1. The number of aryl methyl sites for hydroxylation is 1. The zero-order valence-corrected chi connectivity index (χ0v) is 13.8. The quantitative estimate of drug-likeness (QED) is 0.903. The van der Waals surface area contributed by atoms with E-state index in [2.05, 4.69) is 15.0 Å². The molecule has 2 amide bonds. The summed E-state index contributed by atoms with van der Waals surface area (Å²) in [4.78, 5) is 18.8. The smallest absolute Gasteiger partial charge is 0.321 e. The summed E-state index contributed by atoms with van der Waals surface area (Å²) in [5.74, 6) is -2.23. The van der Waals surface area contributed by atoms with Crippen LogP contribution < -0.4 is 10.1 Å². The molecule has 0 saturated carbocycles. The molecule has 1 aromatic carbocycles. The normalized spacial score (nSPS) is 10.5. The molecule has 0 bridgehead atoms. The number of carbonyl (C=O) groups is 1. The summed E-state index contributed by atoms with van der Waals surface area (Å²) >= 11 is 1.53. The zero-order chi connectivity index (χ0) is 17.0. The van der Waals surface area contributed by atoms with Crippen molar-refractivity contribution in [2.45, 2.75) is 19.9 Å². The fraction of sp³-hybridized carbons (Fsp3) is 0.333. The van der Waals surface area contributed by atoms with Crippen molar-refractivity contribution in [1.29, 1.82) is 0 Å². The van der Waals surface area contributed by atoms with Crippen LogP contribution in [-0.2, 0) is 13.0 Å². The largest absolute Gasteiger partial charge is 0.491 e. The summed E-state index contributed by atoms with van der Waals surface area (Å²) in [6, 6.07) is 1.53. The number of ether oxygens (including phenoxy) is 1. The van der Waals surface area contributed by atoms with Crippen LogP contribution in [0.15, 0.2) is 18.3 Å². The standard InChI is InChI=1S/C15H17F2N3O2S/c1-4-10-7-18-13(23-10)8-20(2)15(21)19-9-5-11(16)14(22-3)12(17)6-9/h5-7H,4,8H2,1-3H3,(H,19,21). The van der Waals surface area contributed by atoms with Gasteiger partial charge in [0.1, 0.15) is 5.01 Å². The monoisotopic (exact) mass is 341 g/mol. The molecule has 23 heavy (non-hydrogen) atoms. The van der Waals surface area contributed by atoms with Gasteiger partial charge in [-0.1, -0.05) is 6.92 Å². The number of halogens is 2. The number of urea groups is 1. The highest BCUT2D eigenvalue weighted by Crippen LogP contribution is 2.25. The second-order valence-electron chi connectivity index (χ2n) is 4.83. The highest BCUT2D eigenvalue weighted by molar-refractivity contribution is 7.11. The van der Waals surface area contributed by atoms with E-state index in [1.807, 2.05) is 6.92 Å². The summed E-state index contributed by atoms with van der Waals surface area (Å²) in [5, 5.41) is 3.24. The lowest BCUT2D eigenvalue weighted by atomic mass is 10.2. The Balaban J connectivity index is 2.03. The van der Waals surface area contributed by atoms with Crippen LogP contribution in [0.5, 0.6) is 5.75 Å². The van der Waals surface area contributed by atoms with E-state index in [4.69, 9.17) is 0 Å². The third-order valence-electron chi connectivity index (χ3n) is 3.12. The Kier molecular flexibility index (Phi) is 5.49. The van der Waals surface area contributed by atoms with Crippen LogP contribution in [0, 0.1) is 11.6 Å². The van der Waals surface area contributed by atoms with Crippen molar-refractivity contribution in [1.82, 2.24) is 9.88 Å². The van der Waals surface area contributed by atoms with Crippen LogP contribution in [0.2, 0.25) is 0 Å². The highest BCUT2D eigenvalue weighted by Gasteiger charge is 2.15. The molecule has 124 valence electrons. The van der Waals surface area contributed by atoms with Gasteiger partial charge in [-0.05, 0) is 6.42 Å². The number of anilines is 1. The first-order valence-corrected chi connectivity index (χ1v) is 7.75. The number of carbonyl (C=O) groups excluding carboxylic acids is 1. The molecule has 0 saturated heterocycles. The minimum atomic E-state index is -0.877. The van der Waals surface area contributed by atoms with Crippen LogP contribution in [0.1, 0.15) is 16.8 Å². The Morgan fingerprint density at radius 1 is 1.39 bits per heavy atom. The van der Waals surface area contributed by atoms with Crippen molar-refractivity contribution < 1.29 is 18.3 Å². The molecule has 0 spiro atoms. The summed E-state index contributed by atoms with van der Waals surface area (Å²) in [6.45, 7) is 2.35. The molecule has 0 aliphatic rings. The number of rotatable bonds is 5. The van der Waals surface area contributed by atoms with Crippen molar-refractivity contribution in [2.24, 2.45) is 0 Å². The number of hydrogen-bond acceptors (Lipinski definition) is 4. The van der Waals surface area contributed by atoms with Crippen molar-refractivity contribution in [3.63, 3.8) is 0 Å². The molecule has 0 unspecified atom stereocenters. The molecule has 1 N–H and O–H groups in total. The molecule has 5 nitrogen and oxygen atoms in total. The van der Waals surface area contributed by atoms with Gasteiger partial charge in [-0.15, -0.1) is 11.3 Å². The summed E-state index contributed by atoms with van der Waals surface area (Å²) in [7, 11) is 2.75. The van der Waals surface area contributed by atoms with Crippen LogP contribution in [0.25, 0.3) is 0 Å². The topological polar surface area (TPSA) is 54.5 Å². The SMILES string of the molecule is CCc1cnc(CN(C)C(=O)Nc2cc(F)c(OC)c(F)c2)s1. The first kappa shape index (κ1) is 17.1. The predicted molar refractivity (Wildman–Crippen MR) is 84.9 cm³/mol. The molecule has 2 aromatic rings.